The Hall–Kier alpha value is -1.27. The van der Waals surface area contributed by atoms with Crippen molar-refractivity contribution in [3.05, 3.63) is 11.8 Å². The summed E-state index contributed by atoms with van der Waals surface area (Å²) in [5.41, 5.74) is 0. The van der Waals surface area contributed by atoms with Crippen molar-refractivity contribution >= 4 is 5.91 Å². The van der Waals surface area contributed by atoms with Crippen LogP contribution >= 0.6 is 0 Å². The van der Waals surface area contributed by atoms with Gasteiger partial charge in [0.2, 0.25) is 5.91 Å². The van der Waals surface area contributed by atoms with Gasteiger partial charge in [-0.1, -0.05) is 20.3 Å². The van der Waals surface area contributed by atoms with E-state index >= 15 is 0 Å². The first-order valence-corrected chi connectivity index (χ1v) is 9.54. The smallest absolute Gasteiger partial charge is 0.249 e. The fourth-order valence-electron chi connectivity index (χ4n) is 3.57. The van der Waals surface area contributed by atoms with E-state index in [4.69, 9.17) is 9.47 Å². The first kappa shape index (κ1) is 23.0. The quantitative estimate of drug-likeness (QED) is 0.261. The summed E-state index contributed by atoms with van der Waals surface area (Å²) < 4.78 is 11.0. The van der Waals surface area contributed by atoms with E-state index in [2.05, 4.69) is 5.32 Å². The minimum Gasteiger partial charge on any atom is -0.510 e. The van der Waals surface area contributed by atoms with E-state index in [0.29, 0.717) is 12.8 Å². The van der Waals surface area contributed by atoms with Gasteiger partial charge < -0.3 is 45.4 Å². The molecule has 0 saturated heterocycles. The Morgan fingerprint density at radius 2 is 2.04 bits per heavy atom. The first-order valence-electron chi connectivity index (χ1n) is 9.54. The number of aliphatic hydroxyl groups excluding tert-OH is 6. The zero-order chi connectivity index (χ0) is 21.0. The van der Waals surface area contributed by atoms with Crippen LogP contribution in [0, 0.1) is 5.92 Å². The van der Waals surface area contributed by atoms with E-state index in [0.717, 1.165) is 6.08 Å². The molecule has 0 aromatic rings. The summed E-state index contributed by atoms with van der Waals surface area (Å²) in [7, 11) is 0. The molecule has 10 nitrogen and oxygen atoms in total. The van der Waals surface area contributed by atoms with Crippen molar-refractivity contribution in [2.24, 2.45) is 5.92 Å². The fraction of sp³-hybridized carbons (Fsp3) is 0.833. The van der Waals surface area contributed by atoms with Crippen molar-refractivity contribution in [2.75, 3.05) is 6.61 Å². The van der Waals surface area contributed by atoms with Gasteiger partial charge in [-0.3, -0.25) is 4.79 Å². The van der Waals surface area contributed by atoms with Gasteiger partial charge in [-0.05, 0) is 18.8 Å². The number of rotatable bonds is 7. The molecule has 0 aromatic heterocycles. The minimum atomic E-state index is -1.38. The molecule has 0 radical (unpaired) electrons. The van der Waals surface area contributed by atoms with Gasteiger partial charge in [0.15, 0.2) is 6.29 Å². The Morgan fingerprint density at radius 3 is 2.64 bits per heavy atom. The Bertz CT molecular complexity index is 557. The molecule has 0 spiro atoms. The zero-order valence-corrected chi connectivity index (χ0v) is 16.0. The monoisotopic (exact) mass is 405 g/mol. The van der Waals surface area contributed by atoms with E-state index in [9.17, 15) is 35.4 Å². The summed E-state index contributed by atoms with van der Waals surface area (Å²) in [5, 5.41) is 61.9. The summed E-state index contributed by atoms with van der Waals surface area (Å²) in [5.74, 6) is -1.33. The molecule has 1 amide bonds. The van der Waals surface area contributed by atoms with Gasteiger partial charge in [-0.15, -0.1) is 0 Å². The number of hydrogen-bond donors (Lipinski definition) is 7. The predicted octanol–water partition coefficient (Wildman–Crippen LogP) is -1.70. The van der Waals surface area contributed by atoms with Crippen molar-refractivity contribution in [3.8, 4) is 0 Å². The third kappa shape index (κ3) is 5.20. The molecule has 1 saturated carbocycles. The van der Waals surface area contributed by atoms with E-state index in [1.807, 2.05) is 6.92 Å². The zero-order valence-electron chi connectivity index (χ0n) is 16.0. The molecule has 1 fully saturated rings. The Labute approximate surface area is 163 Å². The van der Waals surface area contributed by atoms with Crippen LogP contribution in [-0.4, -0.2) is 92.1 Å². The van der Waals surface area contributed by atoms with Crippen LogP contribution in [0.25, 0.3) is 0 Å². The molecule has 2 aliphatic rings. The number of carbonyl (C=O) groups is 1. The van der Waals surface area contributed by atoms with Crippen LogP contribution in [-0.2, 0) is 14.3 Å². The number of amides is 1. The second-order valence-electron chi connectivity index (χ2n) is 7.48. The first-order chi connectivity index (χ1) is 13.2. The molecule has 1 aliphatic carbocycles. The van der Waals surface area contributed by atoms with E-state index in [1.54, 1.807) is 6.92 Å². The summed E-state index contributed by atoms with van der Waals surface area (Å²) in [6.45, 7) is 3.05. The second kappa shape index (κ2) is 9.97. The lowest BCUT2D eigenvalue weighted by Gasteiger charge is -2.43. The summed E-state index contributed by atoms with van der Waals surface area (Å²) in [4.78, 5) is 12.0. The van der Waals surface area contributed by atoms with Crippen LogP contribution in [0.15, 0.2) is 11.8 Å². The Kier molecular flexibility index (Phi) is 8.19. The third-order valence-electron chi connectivity index (χ3n) is 5.22. The van der Waals surface area contributed by atoms with Gasteiger partial charge in [-0.25, -0.2) is 0 Å². The standard InChI is InChI=1S/C18H31NO9/c1-3-4-10(21)18(26)19-9-5-8(2)17(16(25)14(9)23)28-13-6-11(22)15(24)12(7-20)27-13/h6,8-10,12-17,20-25H,3-5,7H2,1-2H3,(H,19,26)/t8?,9-,10+,12?,13-,14?,15+,16?,17-/m1/s1. The normalized spacial score (nSPS) is 39.9. The molecule has 0 bridgehead atoms. The molecular weight excluding hydrogens is 374 g/mol. The maximum Gasteiger partial charge on any atom is 0.249 e. The number of aliphatic hydroxyl groups is 6. The lowest BCUT2D eigenvalue weighted by molar-refractivity contribution is -0.244. The highest BCUT2D eigenvalue weighted by atomic mass is 16.7. The van der Waals surface area contributed by atoms with Gasteiger partial charge in [0.1, 0.15) is 36.3 Å². The lowest BCUT2D eigenvalue weighted by atomic mass is 9.80. The highest BCUT2D eigenvalue weighted by Gasteiger charge is 2.45. The summed E-state index contributed by atoms with van der Waals surface area (Å²) >= 11 is 0. The molecule has 1 aliphatic heterocycles. The van der Waals surface area contributed by atoms with Crippen molar-refractivity contribution < 1.29 is 44.9 Å². The number of hydrogen-bond acceptors (Lipinski definition) is 9. The van der Waals surface area contributed by atoms with Crippen LogP contribution in [0.1, 0.15) is 33.1 Å². The van der Waals surface area contributed by atoms with E-state index < -0.39 is 67.2 Å². The molecule has 2 rings (SSSR count). The number of carbonyl (C=O) groups excluding carboxylic acids is 1. The van der Waals surface area contributed by atoms with Gasteiger partial charge in [-0.2, -0.15) is 0 Å². The molecule has 4 unspecified atom stereocenters. The molecule has 1 heterocycles. The molecule has 10 heteroatoms. The highest BCUT2D eigenvalue weighted by molar-refractivity contribution is 5.80. The van der Waals surface area contributed by atoms with E-state index in [1.165, 1.54) is 0 Å². The SMILES string of the molecule is CCC[C@H](O)C(=O)N[C@@H]1CC(C)[C@@H](O[C@@H]2C=C(O)[C@H](O)C(CO)O2)C(O)C1O. The molecule has 28 heavy (non-hydrogen) atoms. The largest absolute Gasteiger partial charge is 0.510 e. The Morgan fingerprint density at radius 1 is 1.36 bits per heavy atom. The fourth-order valence-corrected chi connectivity index (χ4v) is 3.57. The lowest BCUT2D eigenvalue weighted by Crippen LogP contribution is -2.61. The van der Waals surface area contributed by atoms with Gasteiger partial charge in [0.25, 0.3) is 0 Å². The molecule has 9 atom stereocenters. The molecular formula is C18H31NO9. The van der Waals surface area contributed by atoms with Gasteiger partial charge in [0.05, 0.1) is 18.8 Å². The van der Waals surface area contributed by atoms with E-state index in [-0.39, 0.29) is 12.3 Å². The average Bonchev–Trinajstić information content (AvgIpc) is 2.65. The van der Waals surface area contributed by atoms with Crippen molar-refractivity contribution in [3.63, 3.8) is 0 Å². The molecule has 0 aromatic carbocycles. The predicted molar refractivity (Wildman–Crippen MR) is 96.0 cm³/mol. The van der Waals surface area contributed by atoms with Crippen LogP contribution in [0.5, 0.6) is 0 Å². The summed E-state index contributed by atoms with van der Waals surface area (Å²) in [6, 6.07) is -0.757. The third-order valence-corrected chi connectivity index (χ3v) is 5.22. The van der Waals surface area contributed by atoms with Crippen LogP contribution in [0.3, 0.4) is 0 Å². The van der Waals surface area contributed by atoms with Crippen molar-refractivity contribution in [1.29, 1.82) is 0 Å². The van der Waals surface area contributed by atoms with Gasteiger partial charge >= 0.3 is 0 Å². The van der Waals surface area contributed by atoms with Crippen molar-refractivity contribution in [2.45, 2.75) is 82.1 Å². The Balaban J connectivity index is 2.01. The maximum absolute atomic E-state index is 12.0. The minimum absolute atomic E-state index is 0.280. The number of ether oxygens (including phenoxy) is 2. The molecule has 7 N–H and O–H groups in total. The topological polar surface area (TPSA) is 169 Å². The maximum atomic E-state index is 12.0. The highest BCUT2D eigenvalue weighted by Crippen LogP contribution is 2.31. The average molecular weight is 405 g/mol. The van der Waals surface area contributed by atoms with Crippen LogP contribution in [0.4, 0.5) is 0 Å². The molecule has 162 valence electrons. The van der Waals surface area contributed by atoms with Crippen LogP contribution in [0.2, 0.25) is 0 Å². The second-order valence-corrected chi connectivity index (χ2v) is 7.48. The van der Waals surface area contributed by atoms with Crippen LogP contribution < -0.4 is 5.32 Å². The summed E-state index contributed by atoms with van der Waals surface area (Å²) in [6.07, 6.45) is -6.02. The van der Waals surface area contributed by atoms with Crippen molar-refractivity contribution in [1.82, 2.24) is 5.32 Å². The van der Waals surface area contributed by atoms with Gasteiger partial charge in [0, 0.05) is 6.08 Å². The number of nitrogens with one attached hydrogen (secondary N) is 1.